The normalized spacial score (nSPS) is 23.4. The quantitative estimate of drug-likeness (QED) is 0.386. The highest BCUT2D eigenvalue weighted by molar-refractivity contribution is 7.87. The summed E-state index contributed by atoms with van der Waals surface area (Å²) in [5, 5.41) is 9.33. The van der Waals surface area contributed by atoms with Crippen LogP contribution in [0, 0.1) is 5.82 Å². The molecule has 0 radical (unpaired) electrons. The predicted molar refractivity (Wildman–Crippen MR) is 158 cm³/mol. The maximum atomic E-state index is 14.1. The number of carbonyl (C=O) groups excluding carboxylic acids is 1. The summed E-state index contributed by atoms with van der Waals surface area (Å²) in [5.41, 5.74) is 1.11. The van der Waals surface area contributed by atoms with Gasteiger partial charge in [-0.15, -0.1) is 11.3 Å². The van der Waals surface area contributed by atoms with E-state index in [2.05, 4.69) is 20.1 Å². The van der Waals surface area contributed by atoms with Crippen LogP contribution in [0.4, 0.5) is 18.0 Å². The summed E-state index contributed by atoms with van der Waals surface area (Å²) in [6.45, 7) is -2.14. The Kier molecular flexibility index (Phi) is 7.63. The number of amides is 1. The molecule has 2 aromatic heterocycles. The van der Waals surface area contributed by atoms with Crippen molar-refractivity contribution in [1.82, 2.24) is 34.0 Å². The van der Waals surface area contributed by atoms with Crippen molar-refractivity contribution in [2.24, 2.45) is 4.99 Å². The van der Waals surface area contributed by atoms with Crippen molar-refractivity contribution in [2.45, 2.75) is 43.4 Å². The van der Waals surface area contributed by atoms with Crippen molar-refractivity contribution < 1.29 is 31.1 Å². The zero-order valence-electron chi connectivity index (χ0n) is 23.4. The summed E-state index contributed by atoms with van der Waals surface area (Å²) < 4.78 is 78.2. The van der Waals surface area contributed by atoms with Gasteiger partial charge in [0.2, 0.25) is 0 Å². The zero-order chi connectivity index (χ0) is 31.5. The van der Waals surface area contributed by atoms with Crippen molar-refractivity contribution in [1.29, 1.82) is 0 Å². The van der Waals surface area contributed by atoms with Gasteiger partial charge in [0, 0.05) is 71.7 Å². The molecule has 6 heterocycles. The lowest BCUT2D eigenvalue weighted by Gasteiger charge is -2.37. The molecule has 7 rings (SSSR count). The molecule has 4 aliphatic rings. The molecule has 2 atom stereocenters. The van der Waals surface area contributed by atoms with Gasteiger partial charge in [0.25, 0.3) is 10.2 Å². The molecule has 1 spiro atoms. The van der Waals surface area contributed by atoms with Crippen LogP contribution in [0.5, 0.6) is 0 Å². The van der Waals surface area contributed by atoms with Crippen molar-refractivity contribution in [3.63, 3.8) is 0 Å². The van der Waals surface area contributed by atoms with Gasteiger partial charge in [-0.2, -0.15) is 31.3 Å². The standard InChI is InChI=1S/C27H26ClF3N8O4S2/c28-18-11-15(29)1-2-17(18)22-21(19-3-7-39(35-19)25(30)31)20-12-16(13-38(20)23(33-22)24-32-6-10-44-24)36-45(41,42)37-8-4-27(5-9-37)14-43-26(40)34-27/h1-3,6-7,10-11,16,22,25,36H,4-5,8-9,12-14H2,(H,34,40)/t16-,22-/m0/s1. The van der Waals surface area contributed by atoms with E-state index in [1.807, 2.05) is 4.90 Å². The first-order valence-corrected chi connectivity index (χ1v) is 16.7. The number of thiazole rings is 1. The number of nitrogens with zero attached hydrogens (tertiary/aromatic N) is 6. The summed E-state index contributed by atoms with van der Waals surface area (Å²) in [6.07, 6.45) is 3.24. The average Bonchev–Trinajstić information content (AvgIpc) is 3.80. The highest BCUT2D eigenvalue weighted by Gasteiger charge is 2.46. The number of hydrogen-bond acceptors (Lipinski definition) is 9. The average molecular weight is 683 g/mol. The molecule has 0 aliphatic carbocycles. The number of benzene rings is 1. The summed E-state index contributed by atoms with van der Waals surface area (Å²) in [6, 6.07) is 3.81. The van der Waals surface area contributed by atoms with Gasteiger partial charge in [-0.05, 0) is 31.0 Å². The molecule has 3 fully saturated rings. The number of alkyl halides is 2. The van der Waals surface area contributed by atoms with Gasteiger partial charge in [0.1, 0.15) is 18.5 Å². The maximum Gasteiger partial charge on any atom is 0.407 e. The number of rotatable bonds is 7. The number of halogens is 4. The lowest BCUT2D eigenvalue weighted by Crippen LogP contribution is -2.56. The first-order chi connectivity index (χ1) is 21.5. The van der Waals surface area contributed by atoms with Gasteiger partial charge in [-0.1, -0.05) is 17.7 Å². The fourth-order valence-corrected chi connectivity index (χ4v) is 8.54. The molecule has 4 aliphatic heterocycles. The zero-order valence-corrected chi connectivity index (χ0v) is 25.8. The summed E-state index contributed by atoms with van der Waals surface area (Å²) >= 11 is 7.84. The van der Waals surface area contributed by atoms with Crippen LogP contribution in [0.15, 0.2) is 52.7 Å². The Balaban J connectivity index is 1.25. The number of piperidine rings is 1. The van der Waals surface area contributed by atoms with Crippen LogP contribution in [-0.2, 0) is 14.9 Å². The Bertz CT molecular complexity index is 1810. The van der Waals surface area contributed by atoms with Gasteiger partial charge in [-0.25, -0.2) is 18.9 Å². The minimum Gasteiger partial charge on any atom is -0.447 e. The minimum absolute atomic E-state index is 0.0871. The summed E-state index contributed by atoms with van der Waals surface area (Å²) in [5.74, 6) is -0.107. The van der Waals surface area contributed by atoms with E-state index in [1.165, 1.54) is 33.8 Å². The van der Waals surface area contributed by atoms with Gasteiger partial charge in [0.15, 0.2) is 10.8 Å². The lowest BCUT2D eigenvalue weighted by molar-refractivity contribution is 0.0564. The second-order valence-corrected chi connectivity index (χ2v) is 14.2. The number of cyclic esters (lactones) is 1. The van der Waals surface area contributed by atoms with E-state index in [9.17, 15) is 26.4 Å². The summed E-state index contributed by atoms with van der Waals surface area (Å²) in [7, 11) is -3.96. The first kappa shape index (κ1) is 30.2. The number of carbonyl (C=O) groups is 1. The van der Waals surface area contributed by atoms with Crippen molar-refractivity contribution >= 4 is 50.6 Å². The van der Waals surface area contributed by atoms with Crippen molar-refractivity contribution in [3.05, 3.63) is 74.8 Å². The van der Waals surface area contributed by atoms with E-state index in [-0.39, 0.29) is 43.4 Å². The molecule has 238 valence electrons. The number of aromatic nitrogens is 3. The molecule has 3 saturated heterocycles. The molecule has 12 nitrogen and oxygen atoms in total. The Labute approximate surface area is 264 Å². The van der Waals surface area contributed by atoms with Gasteiger partial charge in [-0.3, -0.25) is 4.99 Å². The van der Waals surface area contributed by atoms with Crippen LogP contribution < -0.4 is 10.0 Å². The van der Waals surface area contributed by atoms with E-state index in [0.29, 0.717) is 45.2 Å². The van der Waals surface area contributed by atoms with Crippen LogP contribution >= 0.6 is 22.9 Å². The second kappa shape index (κ2) is 11.4. The molecular formula is C27H26ClF3N8O4S2. The van der Waals surface area contributed by atoms with Crippen LogP contribution in [0.2, 0.25) is 5.02 Å². The molecule has 0 unspecified atom stereocenters. The number of fused-ring (bicyclic) bond motifs is 1. The van der Waals surface area contributed by atoms with E-state index >= 15 is 0 Å². The lowest BCUT2D eigenvalue weighted by atomic mass is 9.90. The Morgan fingerprint density at radius 3 is 2.67 bits per heavy atom. The molecule has 1 amide bonds. The number of aliphatic imine (C=N–C) groups is 1. The van der Waals surface area contributed by atoms with Crippen LogP contribution in [-0.4, -0.2) is 82.1 Å². The maximum absolute atomic E-state index is 14.1. The fourth-order valence-electron chi connectivity index (χ4n) is 6.23. The molecule has 45 heavy (non-hydrogen) atoms. The van der Waals surface area contributed by atoms with E-state index in [1.54, 1.807) is 11.6 Å². The Morgan fingerprint density at radius 1 is 1.22 bits per heavy atom. The van der Waals surface area contributed by atoms with Gasteiger partial charge in [0.05, 0.1) is 11.2 Å². The molecule has 18 heteroatoms. The molecule has 3 aromatic rings. The van der Waals surface area contributed by atoms with E-state index in [4.69, 9.17) is 21.3 Å². The SMILES string of the molecule is O=C1NC2(CCN(S(=O)(=O)N[C@H]3CC4=C(c5ccn(C(F)F)n5)[C@H](c5ccc(F)cc5Cl)N=C(c5nccs5)N4C3)CC2)CO1. The second-order valence-electron chi connectivity index (χ2n) is 11.2. The minimum atomic E-state index is -3.96. The number of nitrogens with one attached hydrogen (secondary N) is 2. The van der Waals surface area contributed by atoms with Crippen LogP contribution in [0.25, 0.3) is 5.57 Å². The number of amidine groups is 1. The third-order valence-electron chi connectivity index (χ3n) is 8.41. The number of hydrogen-bond donors (Lipinski definition) is 2. The number of ether oxygens (including phenoxy) is 1. The Morgan fingerprint density at radius 2 is 2.02 bits per heavy atom. The topological polar surface area (TPSA) is 134 Å². The Hall–Kier alpha value is -3.51. The molecule has 2 N–H and O–H groups in total. The third kappa shape index (κ3) is 5.60. The monoisotopic (exact) mass is 682 g/mol. The predicted octanol–water partition coefficient (Wildman–Crippen LogP) is 3.92. The van der Waals surface area contributed by atoms with Crippen LogP contribution in [0.1, 0.15) is 48.1 Å². The largest absolute Gasteiger partial charge is 0.447 e. The van der Waals surface area contributed by atoms with E-state index in [0.717, 1.165) is 12.3 Å². The third-order valence-corrected chi connectivity index (χ3v) is 11.2. The smallest absolute Gasteiger partial charge is 0.407 e. The van der Waals surface area contributed by atoms with E-state index < -0.39 is 46.3 Å². The molecule has 0 bridgehead atoms. The molecule has 1 aromatic carbocycles. The molecular weight excluding hydrogens is 657 g/mol. The van der Waals surface area contributed by atoms with Gasteiger partial charge >= 0.3 is 12.6 Å². The van der Waals surface area contributed by atoms with Crippen LogP contribution in [0.3, 0.4) is 0 Å². The molecule has 0 saturated carbocycles. The van der Waals surface area contributed by atoms with Crippen molar-refractivity contribution in [3.8, 4) is 0 Å². The highest BCUT2D eigenvalue weighted by Crippen LogP contribution is 2.46. The fraction of sp³-hybridized carbons (Fsp3) is 0.407. The highest BCUT2D eigenvalue weighted by atomic mass is 35.5. The number of alkyl carbamates (subject to hydrolysis) is 1. The van der Waals surface area contributed by atoms with Crippen molar-refractivity contribution in [2.75, 3.05) is 26.2 Å². The summed E-state index contributed by atoms with van der Waals surface area (Å²) in [4.78, 5) is 22.8. The first-order valence-electron chi connectivity index (χ1n) is 14.0. The van der Waals surface area contributed by atoms with Gasteiger partial charge < -0.3 is 15.0 Å².